The zero-order valence-corrected chi connectivity index (χ0v) is 17.0. The number of ether oxygens (including phenoxy) is 2. The second kappa shape index (κ2) is 13.0. The molecular weight excluding hydrogens is 384 g/mol. The predicted octanol–water partition coefficient (Wildman–Crippen LogP) is 1.79. The average Bonchev–Trinajstić information content (AvgIpc) is 2.78. The van der Waals surface area contributed by atoms with E-state index in [-0.39, 0.29) is 17.4 Å². The topological polar surface area (TPSA) is 136 Å². The minimum atomic E-state index is -0.478. The maximum Gasteiger partial charge on any atom is 0.262 e. The van der Waals surface area contributed by atoms with E-state index in [1.807, 2.05) is 37.3 Å². The minimum absolute atomic E-state index is 0.0697. The van der Waals surface area contributed by atoms with Crippen molar-refractivity contribution in [3.8, 4) is 11.8 Å². The lowest BCUT2D eigenvalue weighted by atomic mass is 10.0. The standard InChI is InChI=1S/C21H26N6O3/c1-2-3-19(16-4-6-18(7-5-16)30-11-10-29-9-8-22)27-21(28)17(13-23)12-20-25-14-24-15-26-20/h4-7,12,14-15,19H,2-3,8-11,22H2,1H3,(H,27,28). The third-order valence-electron chi connectivity index (χ3n) is 4.08. The molecule has 1 atom stereocenters. The van der Waals surface area contributed by atoms with Crippen LogP contribution in [0.3, 0.4) is 0 Å². The number of hydrogen-bond acceptors (Lipinski definition) is 8. The van der Waals surface area contributed by atoms with E-state index in [0.29, 0.717) is 32.1 Å². The van der Waals surface area contributed by atoms with Gasteiger partial charge in [-0.25, -0.2) is 15.0 Å². The summed E-state index contributed by atoms with van der Waals surface area (Å²) >= 11 is 0. The Labute approximate surface area is 176 Å². The summed E-state index contributed by atoms with van der Waals surface area (Å²) in [6.07, 6.45) is 5.53. The van der Waals surface area contributed by atoms with Crippen LogP contribution in [0.4, 0.5) is 0 Å². The highest BCUT2D eigenvalue weighted by Crippen LogP contribution is 2.22. The maximum absolute atomic E-state index is 12.6. The molecule has 1 amide bonds. The quantitative estimate of drug-likeness (QED) is 0.307. The number of nitrogens with zero attached hydrogens (tertiary/aromatic N) is 4. The number of amides is 1. The molecule has 0 bridgehead atoms. The highest BCUT2D eigenvalue weighted by molar-refractivity contribution is 6.01. The molecule has 0 saturated carbocycles. The normalized spacial score (nSPS) is 12.1. The van der Waals surface area contributed by atoms with Crippen molar-refractivity contribution in [2.24, 2.45) is 5.73 Å². The highest BCUT2D eigenvalue weighted by atomic mass is 16.5. The van der Waals surface area contributed by atoms with Gasteiger partial charge in [0, 0.05) is 12.6 Å². The molecule has 1 aromatic heterocycles. The van der Waals surface area contributed by atoms with Gasteiger partial charge >= 0.3 is 0 Å². The van der Waals surface area contributed by atoms with Crippen LogP contribution in [-0.2, 0) is 9.53 Å². The second-order valence-electron chi connectivity index (χ2n) is 6.30. The summed E-state index contributed by atoms with van der Waals surface area (Å²) in [5.74, 6) is 0.485. The first-order valence-corrected chi connectivity index (χ1v) is 9.73. The first-order valence-electron chi connectivity index (χ1n) is 9.73. The lowest BCUT2D eigenvalue weighted by molar-refractivity contribution is -0.117. The summed E-state index contributed by atoms with van der Waals surface area (Å²) in [4.78, 5) is 24.2. The number of rotatable bonds is 12. The third kappa shape index (κ3) is 7.58. The van der Waals surface area contributed by atoms with Gasteiger partial charge in [0.1, 0.15) is 36.7 Å². The van der Waals surface area contributed by atoms with Crippen LogP contribution in [0.15, 0.2) is 42.5 Å². The Morgan fingerprint density at radius 1 is 1.23 bits per heavy atom. The van der Waals surface area contributed by atoms with Gasteiger partial charge in [0.15, 0.2) is 5.82 Å². The van der Waals surface area contributed by atoms with Crippen LogP contribution in [0.25, 0.3) is 6.08 Å². The van der Waals surface area contributed by atoms with Crippen LogP contribution in [0.1, 0.15) is 37.2 Å². The van der Waals surface area contributed by atoms with E-state index in [1.165, 1.54) is 18.7 Å². The van der Waals surface area contributed by atoms with Crippen LogP contribution in [0, 0.1) is 11.3 Å². The second-order valence-corrected chi connectivity index (χ2v) is 6.30. The van der Waals surface area contributed by atoms with Crippen molar-refractivity contribution >= 4 is 12.0 Å². The van der Waals surface area contributed by atoms with Gasteiger partial charge in [0.2, 0.25) is 0 Å². The van der Waals surface area contributed by atoms with Gasteiger partial charge in [0.05, 0.1) is 19.3 Å². The molecule has 3 N–H and O–H groups in total. The molecule has 1 aromatic carbocycles. The number of carbonyl (C=O) groups excluding carboxylic acids is 1. The van der Waals surface area contributed by atoms with E-state index in [1.54, 1.807) is 0 Å². The number of nitrogens with two attached hydrogens (primary N) is 1. The van der Waals surface area contributed by atoms with Crippen LogP contribution in [0.2, 0.25) is 0 Å². The Hall–Kier alpha value is -3.35. The van der Waals surface area contributed by atoms with Crippen molar-refractivity contribution in [1.82, 2.24) is 20.3 Å². The molecule has 0 fully saturated rings. The molecule has 0 aliphatic heterocycles. The summed E-state index contributed by atoms with van der Waals surface area (Å²) in [6, 6.07) is 9.16. The van der Waals surface area contributed by atoms with E-state index in [0.717, 1.165) is 18.4 Å². The number of hydrogen-bond donors (Lipinski definition) is 2. The molecule has 2 aromatic rings. The SMILES string of the molecule is CCCC(NC(=O)C(C#N)=Cc1ncncn1)c1ccc(OCCOCCN)cc1. The Balaban J connectivity index is 2.01. The molecule has 0 saturated heterocycles. The molecule has 158 valence electrons. The number of nitrogens with one attached hydrogen (secondary N) is 1. The zero-order chi connectivity index (χ0) is 21.6. The van der Waals surface area contributed by atoms with Gasteiger partial charge in [-0.05, 0) is 24.1 Å². The first kappa shape index (κ1) is 22.9. The Morgan fingerprint density at radius 2 is 1.97 bits per heavy atom. The molecule has 0 aliphatic rings. The van der Waals surface area contributed by atoms with Crippen molar-refractivity contribution in [3.63, 3.8) is 0 Å². The van der Waals surface area contributed by atoms with E-state index < -0.39 is 5.91 Å². The number of carbonyl (C=O) groups is 1. The van der Waals surface area contributed by atoms with Gasteiger partial charge in [-0.3, -0.25) is 4.79 Å². The van der Waals surface area contributed by atoms with Gasteiger partial charge in [0.25, 0.3) is 5.91 Å². The molecule has 0 aliphatic carbocycles. The predicted molar refractivity (Wildman–Crippen MR) is 111 cm³/mol. The van der Waals surface area contributed by atoms with E-state index in [2.05, 4.69) is 20.3 Å². The molecule has 1 heterocycles. The van der Waals surface area contributed by atoms with Gasteiger partial charge < -0.3 is 20.5 Å². The average molecular weight is 410 g/mol. The molecule has 9 heteroatoms. The van der Waals surface area contributed by atoms with Crippen LogP contribution in [0.5, 0.6) is 5.75 Å². The zero-order valence-electron chi connectivity index (χ0n) is 17.0. The number of nitriles is 1. The minimum Gasteiger partial charge on any atom is -0.491 e. The van der Waals surface area contributed by atoms with Crippen molar-refractivity contribution in [2.75, 3.05) is 26.4 Å². The molecule has 0 radical (unpaired) electrons. The van der Waals surface area contributed by atoms with Crippen LogP contribution >= 0.6 is 0 Å². The van der Waals surface area contributed by atoms with E-state index in [9.17, 15) is 10.1 Å². The maximum atomic E-state index is 12.6. The molecule has 30 heavy (non-hydrogen) atoms. The monoisotopic (exact) mass is 410 g/mol. The summed E-state index contributed by atoms with van der Waals surface area (Å²) in [7, 11) is 0. The molecule has 2 rings (SSSR count). The fraction of sp³-hybridized carbons (Fsp3) is 0.381. The van der Waals surface area contributed by atoms with Crippen molar-refractivity contribution in [3.05, 3.63) is 53.9 Å². The van der Waals surface area contributed by atoms with Crippen LogP contribution in [-0.4, -0.2) is 47.2 Å². The Kier molecular flexibility index (Phi) is 9.92. The first-order chi connectivity index (χ1) is 14.7. The summed E-state index contributed by atoms with van der Waals surface area (Å²) in [6.45, 7) is 3.92. The lowest BCUT2D eigenvalue weighted by Gasteiger charge is -2.19. The fourth-order valence-electron chi connectivity index (χ4n) is 2.65. The van der Waals surface area contributed by atoms with Gasteiger partial charge in [-0.1, -0.05) is 25.5 Å². The van der Waals surface area contributed by atoms with E-state index in [4.69, 9.17) is 15.2 Å². The highest BCUT2D eigenvalue weighted by Gasteiger charge is 2.17. The number of benzene rings is 1. The molecule has 9 nitrogen and oxygen atoms in total. The van der Waals surface area contributed by atoms with Crippen LogP contribution < -0.4 is 15.8 Å². The van der Waals surface area contributed by atoms with E-state index >= 15 is 0 Å². The summed E-state index contributed by atoms with van der Waals surface area (Å²) in [5.41, 5.74) is 6.22. The molecule has 0 spiro atoms. The Morgan fingerprint density at radius 3 is 2.60 bits per heavy atom. The summed E-state index contributed by atoms with van der Waals surface area (Å²) < 4.78 is 10.9. The summed E-state index contributed by atoms with van der Waals surface area (Å²) in [5, 5.41) is 12.3. The van der Waals surface area contributed by atoms with Crippen molar-refractivity contribution in [2.45, 2.75) is 25.8 Å². The number of aromatic nitrogens is 3. The smallest absolute Gasteiger partial charge is 0.262 e. The Bertz CT molecular complexity index is 849. The van der Waals surface area contributed by atoms with Crippen molar-refractivity contribution < 1.29 is 14.3 Å². The fourth-order valence-corrected chi connectivity index (χ4v) is 2.65. The molecular formula is C21H26N6O3. The van der Waals surface area contributed by atoms with Crippen molar-refractivity contribution in [1.29, 1.82) is 5.26 Å². The lowest BCUT2D eigenvalue weighted by Crippen LogP contribution is -2.29. The van der Waals surface area contributed by atoms with Gasteiger partial charge in [-0.15, -0.1) is 0 Å². The third-order valence-corrected chi connectivity index (χ3v) is 4.08. The van der Waals surface area contributed by atoms with Gasteiger partial charge in [-0.2, -0.15) is 5.26 Å². The largest absolute Gasteiger partial charge is 0.491 e. The molecule has 1 unspecified atom stereocenters.